The molecule has 0 spiro atoms. The molecule has 1 N–H and O–H groups in total. The van der Waals surface area contributed by atoms with E-state index in [0.29, 0.717) is 56.0 Å². The average molecular weight is 446 g/mol. The third-order valence-corrected chi connectivity index (χ3v) is 5.65. The van der Waals surface area contributed by atoms with Crippen molar-refractivity contribution >= 4 is 29.4 Å². The molecular formula is C23H31N3O6. The number of benzene rings is 1. The van der Waals surface area contributed by atoms with Crippen LogP contribution in [0.3, 0.4) is 0 Å². The summed E-state index contributed by atoms with van der Waals surface area (Å²) in [5.41, 5.74) is 0.927. The SMILES string of the molecule is CCCC(=O)c1ccc2c(c1)N(CC(=O)NC1CCN(C(=O)OCC)CC1)C(=O)C(C)O2. The highest BCUT2D eigenvalue weighted by Gasteiger charge is 2.34. The molecule has 0 saturated carbocycles. The summed E-state index contributed by atoms with van der Waals surface area (Å²) >= 11 is 0. The smallest absolute Gasteiger partial charge is 0.409 e. The van der Waals surface area contributed by atoms with E-state index in [-0.39, 0.29) is 36.3 Å². The monoisotopic (exact) mass is 445 g/mol. The second-order valence-corrected chi connectivity index (χ2v) is 8.07. The lowest BCUT2D eigenvalue weighted by molar-refractivity contribution is -0.128. The molecule has 2 aliphatic heterocycles. The van der Waals surface area contributed by atoms with Crippen molar-refractivity contribution in [3.8, 4) is 5.75 Å². The molecule has 1 aromatic carbocycles. The van der Waals surface area contributed by atoms with Crippen molar-refractivity contribution in [2.45, 2.75) is 58.6 Å². The van der Waals surface area contributed by atoms with Crippen molar-refractivity contribution in [3.63, 3.8) is 0 Å². The molecular weight excluding hydrogens is 414 g/mol. The fraction of sp³-hybridized carbons (Fsp3) is 0.565. The Morgan fingerprint density at radius 3 is 2.56 bits per heavy atom. The van der Waals surface area contributed by atoms with E-state index in [1.165, 1.54) is 4.90 Å². The Labute approximate surface area is 188 Å². The number of amides is 3. The number of nitrogens with one attached hydrogen (secondary N) is 1. The number of likely N-dealkylation sites (tertiary alicyclic amines) is 1. The van der Waals surface area contributed by atoms with Gasteiger partial charge in [-0.05, 0) is 51.3 Å². The first-order valence-corrected chi connectivity index (χ1v) is 11.2. The molecule has 1 saturated heterocycles. The zero-order chi connectivity index (χ0) is 23.3. The van der Waals surface area contributed by atoms with Gasteiger partial charge in [0.05, 0.1) is 12.3 Å². The zero-order valence-electron chi connectivity index (χ0n) is 18.9. The molecule has 0 radical (unpaired) electrons. The van der Waals surface area contributed by atoms with Crippen LogP contribution in [0.1, 0.15) is 56.8 Å². The number of hydrogen-bond acceptors (Lipinski definition) is 6. The molecule has 1 unspecified atom stereocenters. The third-order valence-electron chi connectivity index (χ3n) is 5.65. The largest absolute Gasteiger partial charge is 0.479 e. The standard InChI is InChI=1S/C23H31N3O6/c1-4-6-19(27)16-7-8-20-18(13-16)26(22(29)15(3)32-20)14-21(28)24-17-9-11-25(12-10-17)23(30)31-5-2/h7-8,13,15,17H,4-6,9-12,14H2,1-3H3,(H,24,28). The van der Waals surface area contributed by atoms with E-state index in [9.17, 15) is 19.2 Å². The van der Waals surface area contributed by atoms with Gasteiger partial charge in [0, 0.05) is 31.1 Å². The van der Waals surface area contributed by atoms with Gasteiger partial charge < -0.3 is 19.7 Å². The van der Waals surface area contributed by atoms with E-state index >= 15 is 0 Å². The molecule has 3 rings (SSSR count). The normalized spacial score (nSPS) is 18.6. The summed E-state index contributed by atoms with van der Waals surface area (Å²) in [5, 5.41) is 2.96. The quantitative estimate of drug-likeness (QED) is 0.647. The predicted molar refractivity (Wildman–Crippen MR) is 118 cm³/mol. The lowest BCUT2D eigenvalue weighted by Gasteiger charge is -2.34. The van der Waals surface area contributed by atoms with Gasteiger partial charge >= 0.3 is 6.09 Å². The van der Waals surface area contributed by atoms with Gasteiger partial charge in [0.15, 0.2) is 11.9 Å². The minimum atomic E-state index is -0.722. The van der Waals surface area contributed by atoms with Gasteiger partial charge in [-0.1, -0.05) is 6.92 Å². The molecule has 1 atom stereocenters. The van der Waals surface area contributed by atoms with Crippen molar-refractivity contribution in [3.05, 3.63) is 23.8 Å². The van der Waals surface area contributed by atoms with E-state index in [0.717, 1.165) is 6.42 Å². The summed E-state index contributed by atoms with van der Waals surface area (Å²) in [5.74, 6) is -0.164. The van der Waals surface area contributed by atoms with Gasteiger partial charge in [-0.25, -0.2) is 4.79 Å². The van der Waals surface area contributed by atoms with Crippen LogP contribution < -0.4 is 15.0 Å². The number of rotatable bonds is 7. The summed E-state index contributed by atoms with van der Waals surface area (Å²) in [6.07, 6.45) is 1.31. The summed E-state index contributed by atoms with van der Waals surface area (Å²) in [4.78, 5) is 52.7. The summed E-state index contributed by atoms with van der Waals surface area (Å²) in [6, 6.07) is 4.91. The Morgan fingerprint density at radius 1 is 1.19 bits per heavy atom. The number of ketones is 1. The second-order valence-electron chi connectivity index (χ2n) is 8.07. The van der Waals surface area contributed by atoms with E-state index < -0.39 is 6.10 Å². The van der Waals surface area contributed by atoms with Crippen LogP contribution in [0.5, 0.6) is 5.75 Å². The molecule has 2 aliphatic rings. The van der Waals surface area contributed by atoms with E-state index in [2.05, 4.69) is 5.32 Å². The van der Waals surface area contributed by atoms with Crippen molar-refractivity contribution in [1.82, 2.24) is 10.2 Å². The molecule has 174 valence electrons. The van der Waals surface area contributed by atoms with E-state index in [1.54, 1.807) is 36.9 Å². The maximum Gasteiger partial charge on any atom is 0.409 e. The number of piperidine rings is 1. The van der Waals surface area contributed by atoms with Gasteiger partial charge in [-0.3, -0.25) is 19.3 Å². The van der Waals surface area contributed by atoms with Crippen LogP contribution in [0.2, 0.25) is 0 Å². The highest BCUT2D eigenvalue weighted by atomic mass is 16.6. The fourth-order valence-electron chi connectivity index (χ4n) is 3.95. The Bertz CT molecular complexity index is 878. The number of fused-ring (bicyclic) bond motifs is 1. The molecule has 2 heterocycles. The second kappa shape index (κ2) is 10.5. The molecule has 32 heavy (non-hydrogen) atoms. The number of carbonyl (C=O) groups is 4. The summed E-state index contributed by atoms with van der Waals surface area (Å²) in [7, 11) is 0. The number of ether oxygens (including phenoxy) is 2. The van der Waals surface area contributed by atoms with Gasteiger partial charge in [0.25, 0.3) is 5.91 Å². The maximum atomic E-state index is 12.8. The molecule has 1 fully saturated rings. The molecule has 0 bridgehead atoms. The maximum absolute atomic E-state index is 12.8. The Kier molecular flexibility index (Phi) is 7.71. The highest BCUT2D eigenvalue weighted by molar-refractivity contribution is 6.05. The number of Topliss-reactive ketones (excluding diaryl/α,β-unsaturated/α-hetero) is 1. The van der Waals surface area contributed by atoms with Crippen molar-refractivity contribution in [2.75, 3.05) is 31.1 Å². The molecule has 0 aliphatic carbocycles. The van der Waals surface area contributed by atoms with E-state index in [4.69, 9.17) is 9.47 Å². The molecule has 9 heteroatoms. The van der Waals surface area contributed by atoms with Crippen LogP contribution in [0.25, 0.3) is 0 Å². The first-order valence-electron chi connectivity index (χ1n) is 11.2. The minimum Gasteiger partial charge on any atom is -0.479 e. The van der Waals surface area contributed by atoms with Crippen molar-refractivity contribution in [1.29, 1.82) is 0 Å². The first-order chi connectivity index (χ1) is 15.3. The average Bonchev–Trinajstić information content (AvgIpc) is 2.77. The molecule has 1 aromatic rings. The first kappa shape index (κ1) is 23.6. The zero-order valence-corrected chi connectivity index (χ0v) is 18.9. The van der Waals surface area contributed by atoms with E-state index in [1.807, 2.05) is 6.92 Å². The minimum absolute atomic E-state index is 0.0147. The Balaban J connectivity index is 1.66. The van der Waals surface area contributed by atoms with Crippen LogP contribution in [0.4, 0.5) is 10.5 Å². The topological polar surface area (TPSA) is 105 Å². The molecule has 9 nitrogen and oxygen atoms in total. The van der Waals surface area contributed by atoms with Gasteiger partial charge in [0.2, 0.25) is 5.91 Å². The van der Waals surface area contributed by atoms with Crippen molar-refractivity contribution < 1.29 is 28.7 Å². The van der Waals surface area contributed by atoms with Crippen LogP contribution in [-0.4, -0.2) is 67.0 Å². The van der Waals surface area contributed by atoms with Crippen LogP contribution in [0.15, 0.2) is 18.2 Å². The van der Waals surface area contributed by atoms with Gasteiger partial charge in [-0.15, -0.1) is 0 Å². The number of anilines is 1. The van der Waals surface area contributed by atoms with Gasteiger partial charge in [-0.2, -0.15) is 0 Å². The van der Waals surface area contributed by atoms with Crippen LogP contribution >= 0.6 is 0 Å². The fourth-order valence-corrected chi connectivity index (χ4v) is 3.95. The van der Waals surface area contributed by atoms with Crippen LogP contribution in [-0.2, 0) is 14.3 Å². The summed E-state index contributed by atoms with van der Waals surface area (Å²) < 4.78 is 10.7. The predicted octanol–water partition coefficient (Wildman–Crippen LogP) is 2.52. The Morgan fingerprint density at radius 2 is 1.91 bits per heavy atom. The Hall–Kier alpha value is -3.10. The van der Waals surface area contributed by atoms with Crippen LogP contribution in [0, 0.1) is 0 Å². The number of hydrogen-bond donors (Lipinski definition) is 1. The highest BCUT2D eigenvalue weighted by Crippen LogP contribution is 2.35. The lowest BCUT2D eigenvalue weighted by atomic mass is 10.0. The lowest BCUT2D eigenvalue weighted by Crippen LogP contribution is -2.52. The third kappa shape index (κ3) is 5.38. The molecule has 0 aromatic heterocycles. The van der Waals surface area contributed by atoms with Gasteiger partial charge in [0.1, 0.15) is 12.3 Å². The number of carbonyl (C=O) groups excluding carboxylic acids is 4. The summed E-state index contributed by atoms with van der Waals surface area (Å²) in [6.45, 7) is 6.50. The number of nitrogens with zero attached hydrogens (tertiary/aromatic N) is 2. The molecule has 3 amide bonds. The van der Waals surface area contributed by atoms with Crippen molar-refractivity contribution in [2.24, 2.45) is 0 Å².